The largest absolute Gasteiger partial charge is 0.376 e. The fraction of sp³-hybridized carbons (Fsp3) is 0.444. The van der Waals surface area contributed by atoms with Gasteiger partial charge in [-0.2, -0.15) is 5.10 Å². The first-order valence-electron chi connectivity index (χ1n) is 8.72. The van der Waals surface area contributed by atoms with Crippen LogP contribution in [0.4, 0.5) is 0 Å². The number of pyridine rings is 1. The number of nitrogens with one attached hydrogen (secondary N) is 1. The predicted octanol–water partition coefficient (Wildman–Crippen LogP) is 1.71. The molecule has 136 valence electrons. The number of imidazole rings is 1. The highest BCUT2D eigenvalue weighted by molar-refractivity contribution is 5.98. The van der Waals surface area contributed by atoms with E-state index in [1.165, 1.54) is 0 Å². The second-order valence-corrected chi connectivity index (χ2v) is 6.86. The number of carbonyl (C=O) groups is 1. The zero-order chi connectivity index (χ0) is 18.3. The first-order valence-corrected chi connectivity index (χ1v) is 8.72. The molecule has 0 unspecified atom stereocenters. The van der Waals surface area contributed by atoms with Gasteiger partial charge < -0.3 is 14.0 Å². The molecule has 4 heterocycles. The number of hydrogen-bond acceptors (Lipinski definition) is 5. The molecule has 8 heteroatoms. The Morgan fingerprint density at radius 1 is 1.46 bits per heavy atom. The van der Waals surface area contributed by atoms with Crippen molar-refractivity contribution < 1.29 is 9.53 Å². The lowest BCUT2D eigenvalue weighted by Crippen LogP contribution is -2.36. The normalized spacial score (nSPS) is 20.0. The number of amides is 1. The van der Waals surface area contributed by atoms with Crippen molar-refractivity contribution in [1.29, 1.82) is 0 Å². The lowest BCUT2D eigenvalue weighted by molar-refractivity contribution is 0.0548. The van der Waals surface area contributed by atoms with Crippen molar-refractivity contribution in [2.45, 2.75) is 32.3 Å². The molecule has 0 saturated carbocycles. The minimum absolute atomic E-state index is 0.0937. The van der Waals surface area contributed by atoms with E-state index in [1.54, 1.807) is 18.3 Å². The number of aryl methyl sites for hydroxylation is 2. The van der Waals surface area contributed by atoms with Gasteiger partial charge in [-0.1, -0.05) is 0 Å². The van der Waals surface area contributed by atoms with E-state index in [0.29, 0.717) is 18.8 Å². The molecular formula is C18H22N6O2. The molecule has 1 fully saturated rings. The molecule has 3 aromatic rings. The van der Waals surface area contributed by atoms with Gasteiger partial charge in [-0.25, -0.2) is 9.97 Å². The number of aromatic amines is 1. The molecule has 1 saturated heterocycles. The van der Waals surface area contributed by atoms with Gasteiger partial charge in [0.1, 0.15) is 12.2 Å². The number of carbonyl (C=O) groups excluding carboxylic acids is 1. The minimum atomic E-state index is -0.116. The quantitative estimate of drug-likeness (QED) is 0.771. The lowest BCUT2D eigenvalue weighted by Gasteiger charge is -2.23. The van der Waals surface area contributed by atoms with Gasteiger partial charge in [0.15, 0.2) is 11.5 Å². The van der Waals surface area contributed by atoms with Crippen LogP contribution < -0.4 is 0 Å². The third-order valence-electron chi connectivity index (χ3n) is 4.85. The number of nitrogens with zero attached hydrogens (tertiary/aromatic N) is 5. The summed E-state index contributed by atoms with van der Waals surface area (Å²) in [5.41, 5.74) is 2.36. The smallest absolute Gasteiger partial charge is 0.274 e. The van der Waals surface area contributed by atoms with Crippen LogP contribution in [0.15, 0.2) is 24.7 Å². The molecule has 0 spiro atoms. The summed E-state index contributed by atoms with van der Waals surface area (Å²) in [7, 11) is 1.78. The van der Waals surface area contributed by atoms with Crippen molar-refractivity contribution in [3.63, 3.8) is 0 Å². The summed E-state index contributed by atoms with van der Waals surface area (Å²) in [6, 6.07) is 3.96. The highest BCUT2D eigenvalue weighted by Gasteiger charge is 2.34. The maximum absolute atomic E-state index is 12.9. The Morgan fingerprint density at radius 2 is 2.31 bits per heavy atom. The van der Waals surface area contributed by atoms with Crippen LogP contribution in [0.5, 0.6) is 0 Å². The number of H-pyrrole nitrogens is 1. The van der Waals surface area contributed by atoms with Crippen LogP contribution in [0, 0.1) is 13.8 Å². The number of ether oxygens (including phenoxy) is 1. The van der Waals surface area contributed by atoms with Crippen LogP contribution in [0.2, 0.25) is 0 Å². The summed E-state index contributed by atoms with van der Waals surface area (Å²) in [6.07, 6.45) is 4.32. The Balaban J connectivity index is 1.52. The van der Waals surface area contributed by atoms with Gasteiger partial charge in [-0.05, 0) is 38.0 Å². The molecule has 0 bridgehead atoms. The molecule has 26 heavy (non-hydrogen) atoms. The summed E-state index contributed by atoms with van der Waals surface area (Å²) < 4.78 is 7.72. The van der Waals surface area contributed by atoms with Crippen LogP contribution in [0.1, 0.15) is 40.0 Å². The average Bonchev–Trinajstić information content (AvgIpc) is 3.33. The highest BCUT2D eigenvalue weighted by Crippen LogP contribution is 2.29. The summed E-state index contributed by atoms with van der Waals surface area (Å²) >= 11 is 0. The molecule has 1 aliphatic heterocycles. The van der Waals surface area contributed by atoms with Crippen LogP contribution in [0.3, 0.4) is 0 Å². The number of fused-ring (bicyclic) bond motifs is 1. The van der Waals surface area contributed by atoms with Crippen molar-refractivity contribution in [3.8, 4) is 0 Å². The van der Waals surface area contributed by atoms with E-state index in [9.17, 15) is 4.79 Å². The Labute approximate surface area is 151 Å². The van der Waals surface area contributed by atoms with E-state index in [-0.39, 0.29) is 17.9 Å². The third kappa shape index (κ3) is 2.96. The van der Waals surface area contributed by atoms with E-state index in [1.807, 2.05) is 36.6 Å². The monoisotopic (exact) mass is 354 g/mol. The molecule has 0 aromatic carbocycles. The summed E-state index contributed by atoms with van der Waals surface area (Å²) in [6.45, 7) is 5.00. The second-order valence-electron chi connectivity index (χ2n) is 6.86. The summed E-state index contributed by atoms with van der Waals surface area (Å²) in [4.78, 5) is 23.3. The average molecular weight is 354 g/mol. The van der Waals surface area contributed by atoms with Crippen LogP contribution in [-0.4, -0.2) is 61.7 Å². The van der Waals surface area contributed by atoms with Gasteiger partial charge in [0.25, 0.3) is 5.91 Å². The molecule has 8 nitrogen and oxygen atoms in total. The number of rotatable bonds is 4. The first kappa shape index (κ1) is 16.7. The molecule has 1 amide bonds. The van der Waals surface area contributed by atoms with E-state index in [2.05, 4.69) is 20.2 Å². The fourth-order valence-corrected chi connectivity index (χ4v) is 3.44. The van der Waals surface area contributed by atoms with E-state index >= 15 is 0 Å². The Bertz CT molecular complexity index is 946. The molecule has 1 N–H and O–H groups in total. The predicted molar refractivity (Wildman–Crippen MR) is 95.1 cm³/mol. The molecule has 0 radical (unpaired) electrons. The maximum atomic E-state index is 12.9. The SMILES string of the molecule is Cc1ccn2cnc(C(=O)N(C)C[C@H]3OCC[C@H]3c3n[nH]c(C)n3)c2c1. The van der Waals surface area contributed by atoms with Gasteiger partial charge >= 0.3 is 0 Å². The zero-order valence-electron chi connectivity index (χ0n) is 15.1. The van der Waals surface area contributed by atoms with Crippen LogP contribution in [-0.2, 0) is 4.74 Å². The van der Waals surface area contributed by atoms with Gasteiger partial charge in [0.2, 0.25) is 0 Å². The van der Waals surface area contributed by atoms with Crippen LogP contribution in [0.25, 0.3) is 5.52 Å². The van der Waals surface area contributed by atoms with Crippen molar-refractivity contribution in [3.05, 3.63) is 47.6 Å². The van der Waals surface area contributed by atoms with Crippen LogP contribution >= 0.6 is 0 Å². The highest BCUT2D eigenvalue weighted by atomic mass is 16.5. The second kappa shape index (κ2) is 6.53. The van der Waals surface area contributed by atoms with E-state index in [0.717, 1.165) is 29.1 Å². The van der Waals surface area contributed by atoms with E-state index < -0.39 is 0 Å². The van der Waals surface area contributed by atoms with Gasteiger partial charge in [0.05, 0.1) is 17.5 Å². The molecule has 4 rings (SSSR count). The van der Waals surface area contributed by atoms with Crippen molar-refractivity contribution >= 4 is 11.4 Å². The molecular weight excluding hydrogens is 332 g/mol. The fourth-order valence-electron chi connectivity index (χ4n) is 3.44. The maximum Gasteiger partial charge on any atom is 0.274 e. The third-order valence-corrected chi connectivity index (χ3v) is 4.85. The standard InChI is InChI=1S/C18H22N6O2/c1-11-4-6-24-10-19-16(14(24)8-11)18(25)23(3)9-15-13(5-7-26-15)17-20-12(2)21-22-17/h4,6,8,10,13,15H,5,7,9H2,1-3H3,(H,20,21,22)/t13-,15-/m1/s1. The number of hydrogen-bond donors (Lipinski definition) is 1. The topological polar surface area (TPSA) is 88.4 Å². The minimum Gasteiger partial charge on any atom is -0.376 e. The molecule has 3 aromatic heterocycles. The molecule has 2 atom stereocenters. The van der Waals surface area contributed by atoms with Crippen molar-refractivity contribution in [2.24, 2.45) is 0 Å². The first-order chi connectivity index (χ1) is 12.5. The molecule has 0 aliphatic carbocycles. The zero-order valence-corrected chi connectivity index (χ0v) is 15.1. The number of likely N-dealkylation sites (N-methyl/N-ethyl adjacent to an activating group) is 1. The van der Waals surface area contributed by atoms with Crippen molar-refractivity contribution in [1.82, 2.24) is 29.5 Å². The van der Waals surface area contributed by atoms with E-state index in [4.69, 9.17) is 4.74 Å². The Hall–Kier alpha value is -2.74. The number of aromatic nitrogens is 5. The van der Waals surface area contributed by atoms with Crippen molar-refractivity contribution in [2.75, 3.05) is 20.2 Å². The van der Waals surface area contributed by atoms with Gasteiger partial charge in [-0.15, -0.1) is 0 Å². The summed E-state index contributed by atoms with van der Waals surface area (Å²) in [5.74, 6) is 1.53. The van der Waals surface area contributed by atoms with Gasteiger partial charge in [0, 0.05) is 26.4 Å². The molecule has 1 aliphatic rings. The summed E-state index contributed by atoms with van der Waals surface area (Å²) in [5, 5.41) is 7.15. The van der Waals surface area contributed by atoms with Gasteiger partial charge in [-0.3, -0.25) is 9.89 Å². The lowest BCUT2D eigenvalue weighted by atomic mass is 10.0. The Kier molecular flexibility index (Phi) is 4.20. The Morgan fingerprint density at radius 3 is 3.08 bits per heavy atom.